The molecule has 1 aliphatic heterocycles. The molecule has 2 aliphatic rings. The molecule has 1 saturated carbocycles. The molecule has 1 saturated heterocycles. The summed E-state index contributed by atoms with van der Waals surface area (Å²) in [5.74, 6) is -0.0641. The van der Waals surface area contributed by atoms with E-state index in [4.69, 9.17) is 19.4 Å². The van der Waals surface area contributed by atoms with Gasteiger partial charge in [0.15, 0.2) is 0 Å². The minimum absolute atomic E-state index is 0.0985. The van der Waals surface area contributed by atoms with Gasteiger partial charge in [-0.3, -0.25) is 24.4 Å². The van der Waals surface area contributed by atoms with E-state index in [9.17, 15) is 14.4 Å². The Morgan fingerprint density at radius 1 is 1.09 bits per heavy atom. The van der Waals surface area contributed by atoms with Gasteiger partial charge >= 0.3 is 0 Å². The minimum Gasteiger partial charge on any atom is -0.467 e. The highest BCUT2D eigenvalue weighted by Crippen LogP contribution is 2.39. The molecule has 5 rings (SSSR count). The van der Waals surface area contributed by atoms with E-state index in [0.29, 0.717) is 32.5 Å². The summed E-state index contributed by atoms with van der Waals surface area (Å²) in [5.41, 5.74) is 7.69. The average Bonchev–Trinajstić information content (AvgIpc) is 3.95. The molecule has 2 fully saturated rings. The second-order valence-corrected chi connectivity index (χ2v) is 18.1. The molecule has 0 spiro atoms. The fraction of sp³-hybridized carbons (Fsp3) is 0.578. The number of nitrogens with zero attached hydrogens (tertiary/aromatic N) is 6. The average molecular weight is 816 g/mol. The number of anilines is 2. The van der Waals surface area contributed by atoms with Crippen molar-refractivity contribution >= 4 is 47.1 Å². The topological polar surface area (TPSA) is 120 Å². The smallest absolute Gasteiger partial charge is 0.293 e. The third kappa shape index (κ3) is 11.3. The van der Waals surface area contributed by atoms with Crippen molar-refractivity contribution in [3.8, 4) is 11.3 Å². The Morgan fingerprint density at radius 3 is 2.34 bits per heavy atom. The van der Waals surface area contributed by atoms with Crippen molar-refractivity contribution in [3.63, 3.8) is 0 Å². The lowest BCUT2D eigenvalue weighted by Gasteiger charge is -2.37. The molecule has 3 atom stereocenters. The van der Waals surface area contributed by atoms with E-state index in [1.54, 1.807) is 7.11 Å². The zero-order valence-corrected chi connectivity index (χ0v) is 37.1. The van der Waals surface area contributed by atoms with E-state index in [1.165, 1.54) is 24.2 Å². The van der Waals surface area contributed by atoms with Gasteiger partial charge in [0.25, 0.3) is 6.47 Å². The number of carbonyl (C=O) groups excluding carboxylic acids is 3. The van der Waals surface area contributed by atoms with Crippen molar-refractivity contribution in [1.29, 1.82) is 0 Å². The van der Waals surface area contributed by atoms with Crippen LogP contribution in [0.1, 0.15) is 90.1 Å². The normalized spacial score (nSPS) is 17.1. The van der Waals surface area contributed by atoms with Crippen molar-refractivity contribution in [2.75, 3.05) is 70.3 Å². The van der Waals surface area contributed by atoms with Crippen LogP contribution >= 0.6 is 11.3 Å². The van der Waals surface area contributed by atoms with Crippen LogP contribution in [0, 0.1) is 11.3 Å². The molecule has 1 aliphatic carbocycles. The van der Waals surface area contributed by atoms with E-state index in [1.807, 2.05) is 51.3 Å². The van der Waals surface area contributed by atoms with Crippen LogP contribution in [0.2, 0.25) is 0 Å². The van der Waals surface area contributed by atoms with E-state index >= 15 is 0 Å². The predicted octanol–water partition coefficient (Wildman–Crippen LogP) is 6.86. The summed E-state index contributed by atoms with van der Waals surface area (Å²) in [6.45, 7) is 20.2. The molecular formula is C45H65N7O5S. The molecule has 0 radical (unpaired) electrons. The Balaban J connectivity index is 1.46. The molecule has 58 heavy (non-hydrogen) atoms. The number of piperazine rings is 1. The number of allylic oxidation sites excluding steroid dienone is 1. The predicted molar refractivity (Wildman–Crippen MR) is 234 cm³/mol. The SMILES string of the molecule is CCN(/C(=C(\C)CC(C)(C)COC=O)c1cc(N2CCN(C3CC3)CC2)cnc1C(C)OC)c1ccc(-c2csc(CC(C=O)NC(=O)C(C(C)C)N(C)C)n2)cc1. The largest absolute Gasteiger partial charge is 0.467 e. The minimum atomic E-state index is -0.664. The molecule has 2 aromatic heterocycles. The highest BCUT2D eigenvalue weighted by Gasteiger charge is 2.33. The number of amides is 1. The summed E-state index contributed by atoms with van der Waals surface area (Å²) >= 11 is 1.48. The standard InChI is InChI=1S/C45H65N7O5S/c1-11-52(36-14-12-33(13-15-36)39-27-58-40(48-39)22-34(26-53)47-44(55)42(30(2)3)49(8)9)43(31(4)24-45(6,7)28-57-29-54)38-23-37(25-46-41(38)32(5)56-10)51-20-18-50(19-21-51)35-16-17-35/h12-15,23,25-27,29-30,32,34-35,42H,11,16-22,24,28H2,1-10H3,(H,47,55)/b43-31+. The molecular weight excluding hydrogens is 751 g/mol. The number of ether oxygens (including phenoxy) is 2. The number of rotatable bonds is 21. The zero-order valence-electron chi connectivity index (χ0n) is 36.3. The number of pyridine rings is 1. The summed E-state index contributed by atoms with van der Waals surface area (Å²) in [5, 5.41) is 5.70. The van der Waals surface area contributed by atoms with Crippen LogP contribution in [0.4, 0.5) is 11.4 Å². The van der Waals surface area contributed by atoms with Crippen LogP contribution in [0.5, 0.6) is 0 Å². The van der Waals surface area contributed by atoms with E-state index < -0.39 is 6.04 Å². The molecule has 3 unspecified atom stereocenters. The first-order valence-corrected chi connectivity index (χ1v) is 21.6. The molecule has 316 valence electrons. The van der Waals surface area contributed by atoms with Crippen LogP contribution in [0.3, 0.4) is 0 Å². The Morgan fingerprint density at radius 2 is 1.78 bits per heavy atom. The van der Waals surface area contributed by atoms with Crippen molar-refractivity contribution < 1.29 is 23.9 Å². The lowest BCUT2D eigenvalue weighted by molar-refractivity contribution is -0.131. The number of hydrogen-bond donors (Lipinski definition) is 1. The van der Waals surface area contributed by atoms with Crippen molar-refractivity contribution in [1.82, 2.24) is 25.1 Å². The summed E-state index contributed by atoms with van der Waals surface area (Å²) in [4.78, 5) is 55.6. The van der Waals surface area contributed by atoms with Crippen molar-refractivity contribution in [2.45, 2.75) is 98.4 Å². The summed E-state index contributed by atoms with van der Waals surface area (Å²) in [6.07, 6.45) is 6.19. The first kappa shape index (κ1) is 44.9. The highest BCUT2D eigenvalue weighted by molar-refractivity contribution is 7.10. The second-order valence-electron chi connectivity index (χ2n) is 17.2. The number of benzene rings is 1. The van der Waals surface area contributed by atoms with Crippen LogP contribution in [0.25, 0.3) is 17.0 Å². The van der Waals surface area contributed by atoms with Gasteiger partial charge in [0.05, 0.1) is 53.1 Å². The van der Waals surface area contributed by atoms with Gasteiger partial charge in [0, 0.05) is 85.6 Å². The summed E-state index contributed by atoms with van der Waals surface area (Å²) in [6, 6.07) is 10.5. The monoisotopic (exact) mass is 815 g/mol. The van der Waals surface area contributed by atoms with Gasteiger partial charge in [-0.2, -0.15) is 0 Å². The molecule has 13 heteroatoms. The summed E-state index contributed by atoms with van der Waals surface area (Å²) < 4.78 is 11.2. The molecule has 1 aromatic carbocycles. The number of thiazole rings is 1. The molecule has 1 N–H and O–H groups in total. The van der Waals surface area contributed by atoms with Gasteiger partial charge in [-0.05, 0) is 83.8 Å². The highest BCUT2D eigenvalue weighted by atomic mass is 32.1. The quantitative estimate of drug-likeness (QED) is 0.114. The van der Waals surface area contributed by atoms with Crippen molar-refractivity contribution in [3.05, 3.63) is 63.7 Å². The zero-order chi connectivity index (χ0) is 42.1. The Kier molecular flexibility index (Phi) is 15.6. The van der Waals surface area contributed by atoms with E-state index in [2.05, 4.69) is 78.0 Å². The molecule has 0 bridgehead atoms. The molecule has 3 aromatic rings. The van der Waals surface area contributed by atoms with Crippen LogP contribution in [0.15, 0.2) is 47.5 Å². The van der Waals surface area contributed by atoms with Crippen LogP contribution in [-0.4, -0.2) is 117 Å². The number of aromatic nitrogens is 2. The van der Waals surface area contributed by atoms with E-state index in [-0.39, 0.29) is 29.4 Å². The number of likely N-dealkylation sites (N-methyl/N-ethyl adjacent to an activating group) is 1. The fourth-order valence-corrected chi connectivity index (χ4v) is 9.17. The maximum Gasteiger partial charge on any atom is 0.293 e. The second kappa shape index (κ2) is 20.2. The maximum atomic E-state index is 13.0. The first-order chi connectivity index (χ1) is 27.7. The third-order valence-corrected chi connectivity index (χ3v) is 12.2. The number of nitrogens with one attached hydrogen (secondary N) is 1. The summed E-state index contributed by atoms with van der Waals surface area (Å²) in [7, 11) is 5.47. The fourth-order valence-electron chi connectivity index (χ4n) is 8.31. The van der Waals surface area contributed by atoms with Crippen molar-refractivity contribution in [2.24, 2.45) is 11.3 Å². The Labute approximate surface area is 350 Å². The third-order valence-electron chi connectivity index (χ3n) is 11.3. The van der Waals surface area contributed by atoms with E-state index in [0.717, 1.165) is 88.7 Å². The van der Waals surface area contributed by atoms with Gasteiger partial charge in [0.2, 0.25) is 5.91 Å². The van der Waals surface area contributed by atoms with Crippen LogP contribution < -0.4 is 15.1 Å². The number of hydrogen-bond acceptors (Lipinski definition) is 12. The lowest BCUT2D eigenvalue weighted by Crippen LogP contribution is -2.50. The molecule has 1 amide bonds. The number of carbonyl (C=O) groups is 3. The Hall–Kier alpha value is -4.17. The number of aldehydes is 1. The van der Waals surface area contributed by atoms with Gasteiger partial charge in [-0.1, -0.05) is 39.8 Å². The number of methoxy groups -OCH3 is 1. The lowest BCUT2D eigenvalue weighted by atomic mass is 9.84. The maximum absolute atomic E-state index is 13.0. The first-order valence-electron chi connectivity index (χ1n) is 20.7. The van der Waals surface area contributed by atoms with Gasteiger partial charge in [-0.25, -0.2) is 4.98 Å². The molecule has 3 heterocycles. The molecule has 12 nitrogen and oxygen atoms in total. The van der Waals surface area contributed by atoms with Gasteiger partial charge in [0.1, 0.15) is 6.29 Å². The van der Waals surface area contributed by atoms with Gasteiger partial charge < -0.3 is 29.4 Å². The van der Waals surface area contributed by atoms with Crippen LogP contribution in [-0.2, 0) is 30.3 Å². The van der Waals surface area contributed by atoms with Gasteiger partial charge in [-0.15, -0.1) is 11.3 Å². The Bertz CT molecular complexity index is 1860.